The summed E-state index contributed by atoms with van der Waals surface area (Å²) in [5, 5.41) is 0. The molecule has 0 radical (unpaired) electrons. The fraction of sp³-hybridized carbons (Fsp3) is 0.167. The predicted molar refractivity (Wildman–Crippen MR) is 111 cm³/mol. The molecule has 0 spiro atoms. The summed E-state index contributed by atoms with van der Waals surface area (Å²) in [5.41, 5.74) is 1.13. The second-order valence-electron chi connectivity index (χ2n) is 6.33. The molecule has 3 rings (SSSR count). The van der Waals surface area contributed by atoms with Crippen molar-refractivity contribution in [1.82, 2.24) is 0 Å². The number of carbonyl (C=O) groups excluding carboxylic acids is 2. The van der Waals surface area contributed by atoms with Gasteiger partial charge >= 0.3 is 5.97 Å². The first-order valence-corrected chi connectivity index (χ1v) is 9.24. The molecular formula is C24H22O6. The molecule has 6 nitrogen and oxygen atoms in total. The van der Waals surface area contributed by atoms with Gasteiger partial charge in [-0.25, -0.2) is 4.79 Å². The summed E-state index contributed by atoms with van der Waals surface area (Å²) >= 11 is 0. The third kappa shape index (κ3) is 4.43. The minimum absolute atomic E-state index is 0.122. The molecule has 0 aromatic heterocycles. The van der Waals surface area contributed by atoms with Gasteiger partial charge in [-0.15, -0.1) is 0 Å². The fourth-order valence-corrected chi connectivity index (χ4v) is 3.01. The van der Waals surface area contributed by atoms with Crippen molar-refractivity contribution in [1.29, 1.82) is 0 Å². The van der Waals surface area contributed by atoms with Gasteiger partial charge < -0.3 is 18.9 Å². The SMILES string of the molecule is COc1cc(OC)c(C(=O)O[C@@H](C(=O)c2ccccc2)c2ccccc2)cc1OC. The van der Waals surface area contributed by atoms with Gasteiger partial charge in [-0.3, -0.25) is 4.79 Å². The summed E-state index contributed by atoms with van der Waals surface area (Å²) in [6, 6.07) is 20.6. The lowest BCUT2D eigenvalue weighted by molar-refractivity contribution is 0.0276. The number of rotatable bonds is 8. The number of ketones is 1. The molecule has 1 atom stereocenters. The Labute approximate surface area is 175 Å². The van der Waals surface area contributed by atoms with Gasteiger partial charge in [0, 0.05) is 23.3 Å². The van der Waals surface area contributed by atoms with E-state index >= 15 is 0 Å². The molecule has 0 aliphatic carbocycles. The summed E-state index contributed by atoms with van der Waals surface area (Å²) in [6.07, 6.45) is -1.11. The Kier molecular flexibility index (Phi) is 6.70. The second kappa shape index (κ2) is 9.60. The molecule has 0 heterocycles. The van der Waals surface area contributed by atoms with Crippen molar-refractivity contribution < 1.29 is 28.5 Å². The van der Waals surface area contributed by atoms with Crippen LogP contribution in [-0.2, 0) is 4.74 Å². The molecule has 0 aliphatic rings. The average Bonchev–Trinajstić information content (AvgIpc) is 2.82. The first-order valence-electron chi connectivity index (χ1n) is 9.24. The molecule has 0 N–H and O–H groups in total. The highest BCUT2D eigenvalue weighted by molar-refractivity contribution is 6.02. The van der Waals surface area contributed by atoms with Crippen LogP contribution in [0.15, 0.2) is 72.8 Å². The molecular weight excluding hydrogens is 384 g/mol. The van der Waals surface area contributed by atoms with Gasteiger partial charge in [0.15, 0.2) is 17.6 Å². The normalized spacial score (nSPS) is 11.3. The van der Waals surface area contributed by atoms with E-state index in [2.05, 4.69) is 0 Å². The monoisotopic (exact) mass is 406 g/mol. The number of carbonyl (C=O) groups is 2. The highest BCUT2D eigenvalue weighted by Crippen LogP contribution is 2.36. The maximum absolute atomic E-state index is 13.1. The lowest BCUT2D eigenvalue weighted by Crippen LogP contribution is -2.20. The van der Waals surface area contributed by atoms with Crippen LogP contribution in [0.1, 0.15) is 32.4 Å². The number of methoxy groups -OCH3 is 3. The lowest BCUT2D eigenvalue weighted by Gasteiger charge is -2.19. The van der Waals surface area contributed by atoms with Crippen LogP contribution in [0.5, 0.6) is 17.2 Å². The van der Waals surface area contributed by atoms with E-state index in [1.807, 2.05) is 12.1 Å². The number of hydrogen-bond acceptors (Lipinski definition) is 6. The quantitative estimate of drug-likeness (QED) is 0.405. The third-order valence-corrected chi connectivity index (χ3v) is 4.55. The first kappa shape index (κ1) is 20.9. The van der Waals surface area contributed by atoms with E-state index in [9.17, 15) is 9.59 Å². The van der Waals surface area contributed by atoms with Crippen molar-refractivity contribution in [3.63, 3.8) is 0 Å². The first-order chi connectivity index (χ1) is 14.6. The van der Waals surface area contributed by atoms with E-state index in [0.29, 0.717) is 22.6 Å². The van der Waals surface area contributed by atoms with Gasteiger partial charge in [-0.2, -0.15) is 0 Å². The fourth-order valence-electron chi connectivity index (χ4n) is 3.01. The topological polar surface area (TPSA) is 71.1 Å². The van der Waals surface area contributed by atoms with Gasteiger partial charge in [0.2, 0.25) is 5.78 Å². The Bertz CT molecular complexity index is 1010. The van der Waals surface area contributed by atoms with E-state index < -0.39 is 12.1 Å². The molecule has 0 saturated heterocycles. The Hall–Kier alpha value is -3.80. The van der Waals surface area contributed by atoms with E-state index in [0.717, 1.165) is 0 Å². The standard InChI is InChI=1S/C24H22O6/c1-27-19-15-21(29-3)20(28-2)14-18(19)24(26)30-23(17-12-8-5-9-13-17)22(25)16-10-6-4-7-11-16/h4-15,23H,1-3H3/t23-/m1/s1. The van der Waals surface area contributed by atoms with Gasteiger partial charge in [0.25, 0.3) is 0 Å². The van der Waals surface area contributed by atoms with Crippen LogP contribution < -0.4 is 14.2 Å². The minimum atomic E-state index is -1.11. The minimum Gasteiger partial charge on any atom is -0.496 e. The Morgan fingerprint density at radius 3 is 1.80 bits per heavy atom. The molecule has 0 fully saturated rings. The number of esters is 1. The van der Waals surface area contributed by atoms with E-state index in [1.165, 1.54) is 33.5 Å². The van der Waals surface area contributed by atoms with Crippen molar-refractivity contribution >= 4 is 11.8 Å². The van der Waals surface area contributed by atoms with Gasteiger partial charge in [-0.1, -0.05) is 60.7 Å². The zero-order chi connectivity index (χ0) is 21.5. The molecule has 6 heteroatoms. The number of hydrogen-bond donors (Lipinski definition) is 0. The molecule has 0 aliphatic heterocycles. The van der Waals surface area contributed by atoms with Crippen LogP contribution in [0, 0.1) is 0 Å². The van der Waals surface area contributed by atoms with Crippen molar-refractivity contribution in [3.05, 3.63) is 89.5 Å². The zero-order valence-electron chi connectivity index (χ0n) is 17.0. The number of ether oxygens (including phenoxy) is 4. The summed E-state index contributed by atoms with van der Waals surface area (Å²) in [6.45, 7) is 0. The lowest BCUT2D eigenvalue weighted by atomic mass is 9.99. The predicted octanol–water partition coefficient (Wildman–Crippen LogP) is 4.49. The largest absolute Gasteiger partial charge is 0.496 e. The van der Waals surface area contributed by atoms with Gasteiger partial charge in [-0.05, 0) is 0 Å². The van der Waals surface area contributed by atoms with E-state index in [4.69, 9.17) is 18.9 Å². The number of Topliss-reactive ketones (excluding diaryl/α,β-unsaturated/α-hetero) is 1. The van der Waals surface area contributed by atoms with Gasteiger partial charge in [0.05, 0.1) is 21.3 Å². The van der Waals surface area contributed by atoms with Crippen LogP contribution in [0.2, 0.25) is 0 Å². The zero-order valence-corrected chi connectivity index (χ0v) is 17.0. The molecule has 3 aromatic rings. The molecule has 0 amide bonds. The summed E-state index contributed by atoms with van der Waals surface area (Å²) in [7, 11) is 4.38. The second-order valence-corrected chi connectivity index (χ2v) is 6.33. The van der Waals surface area contributed by atoms with Crippen LogP contribution in [0.3, 0.4) is 0 Å². The van der Waals surface area contributed by atoms with Gasteiger partial charge in [0.1, 0.15) is 11.3 Å². The van der Waals surface area contributed by atoms with Crippen LogP contribution in [0.4, 0.5) is 0 Å². The molecule has 154 valence electrons. The summed E-state index contributed by atoms with van der Waals surface area (Å²) in [5.74, 6) is -0.0427. The maximum Gasteiger partial charge on any atom is 0.343 e. The van der Waals surface area contributed by atoms with Crippen LogP contribution >= 0.6 is 0 Å². The molecule has 30 heavy (non-hydrogen) atoms. The van der Waals surface area contributed by atoms with E-state index in [-0.39, 0.29) is 17.1 Å². The smallest absolute Gasteiger partial charge is 0.343 e. The molecule has 0 bridgehead atoms. The van der Waals surface area contributed by atoms with Crippen molar-refractivity contribution in [2.24, 2.45) is 0 Å². The van der Waals surface area contributed by atoms with Crippen molar-refractivity contribution in [2.75, 3.05) is 21.3 Å². The van der Waals surface area contributed by atoms with Crippen LogP contribution in [0.25, 0.3) is 0 Å². The molecule has 0 unspecified atom stereocenters. The summed E-state index contributed by atoms with van der Waals surface area (Å²) < 4.78 is 21.5. The Balaban J connectivity index is 1.99. The summed E-state index contributed by atoms with van der Waals surface area (Å²) in [4.78, 5) is 26.2. The number of benzene rings is 3. The molecule has 0 saturated carbocycles. The maximum atomic E-state index is 13.1. The van der Waals surface area contributed by atoms with E-state index in [1.54, 1.807) is 48.5 Å². The van der Waals surface area contributed by atoms with Crippen LogP contribution in [-0.4, -0.2) is 33.1 Å². The highest BCUT2D eigenvalue weighted by atomic mass is 16.6. The third-order valence-electron chi connectivity index (χ3n) is 4.55. The average molecular weight is 406 g/mol. The highest BCUT2D eigenvalue weighted by Gasteiger charge is 2.28. The van der Waals surface area contributed by atoms with Crippen molar-refractivity contribution in [3.8, 4) is 17.2 Å². The Morgan fingerprint density at radius 1 is 0.700 bits per heavy atom. The molecule has 3 aromatic carbocycles. The van der Waals surface area contributed by atoms with Crippen molar-refractivity contribution in [2.45, 2.75) is 6.10 Å². The Morgan fingerprint density at radius 2 is 1.23 bits per heavy atom.